The summed E-state index contributed by atoms with van der Waals surface area (Å²) >= 11 is 0. The van der Waals surface area contributed by atoms with Crippen LogP contribution in [0.1, 0.15) is 6.92 Å². The van der Waals surface area contributed by atoms with E-state index < -0.39 is 11.6 Å². The standard InChI is InChI=1S/C8H5F2N2/c1-4-11-7-2-5(9)6(10)3-8(7)12-4/h2-3H,1H3. The zero-order chi connectivity index (χ0) is 8.72. The van der Waals surface area contributed by atoms with Crippen molar-refractivity contribution in [3.8, 4) is 0 Å². The molecule has 0 spiro atoms. The molecule has 0 fully saturated rings. The van der Waals surface area contributed by atoms with Crippen molar-refractivity contribution in [3.05, 3.63) is 23.8 Å². The van der Waals surface area contributed by atoms with Gasteiger partial charge in [0.2, 0.25) is 0 Å². The van der Waals surface area contributed by atoms with Gasteiger partial charge in [-0.25, -0.2) is 19.1 Å². The van der Waals surface area contributed by atoms with E-state index in [0.717, 1.165) is 12.1 Å². The molecule has 1 aromatic rings. The van der Waals surface area contributed by atoms with Crippen LogP contribution in [0.5, 0.6) is 0 Å². The van der Waals surface area contributed by atoms with Crippen LogP contribution in [-0.4, -0.2) is 5.84 Å². The quantitative estimate of drug-likeness (QED) is 0.566. The van der Waals surface area contributed by atoms with Gasteiger partial charge in [0.1, 0.15) is 5.84 Å². The zero-order valence-electron chi connectivity index (χ0n) is 6.31. The van der Waals surface area contributed by atoms with Gasteiger partial charge in [-0.15, -0.1) is 0 Å². The van der Waals surface area contributed by atoms with Gasteiger partial charge in [0, 0.05) is 12.1 Å². The number of halogens is 2. The number of amidine groups is 1. The summed E-state index contributed by atoms with van der Waals surface area (Å²) in [4.78, 5) is 3.90. The summed E-state index contributed by atoms with van der Waals surface area (Å²) in [5.74, 6) is -1.25. The van der Waals surface area contributed by atoms with Gasteiger partial charge in [0.05, 0.1) is 11.4 Å². The van der Waals surface area contributed by atoms with Crippen LogP contribution >= 0.6 is 0 Å². The predicted molar refractivity (Wildman–Crippen MR) is 40.9 cm³/mol. The minimum absolute atomic E-state index is 0.395. The number of hydrogen-bond acceptors (Lipinski definition) is 1. The number of nitrogens with zero attached hydrogens (tertiary/aromatic N) is 2. The van der Waals surface area contributed by atoms with Crippen molar-refractivity contribution in [3.63, 3.8) is 0 Å². The lowest BCUT2D eigenvalue weighted by molar-refractivity contribution is 0.509. The molecule has 0 unspecified atom stereocenters. The zero-order valence-corrected chi connectivity index (χ0v) is 6.31. The van der Waals surface area contributed by atoms with Crippen molar-refractivity contribution >= 4 is 17.2 Å². The van der Waals surface area contributed by atoms with E-state index in [9.17, 15) is 8.78 Å². The molecule has 2 nitrogen and oxygen atoms in total. The highest BCUT2D eigenvalue weighted by atomic mass is 19.2. The third-order valence-corrected chi connectivity index (χ3v) is 1.58. The molecule has 0 N–H and O–H groups in total. The molecule has 4 heteroatoms. The van der Waals surface area contributed by atoms with E-state index >= 15 is 0 Å². The Morgan fingerprint density at radius 3 is 2.33 bits per heavy atom. The van der Waals surface area contributed by atoms with E-state index in [1.54, 1.807) is 6.92 Å². The lowest BCUT2D eigenvalue weighted by Gasteiger charge is -1.96. The summed E-state index contributed by atoms with van der Waals surface area (Å²) in [5, 5.41) is 3.90. The highest BCUT2D eigenvalue weighted by molar-refractivity contribution is 5.94. The molecule has 12 heavy (non-hydrogen) atoms. The maximum Gasteiger partial charge on any atom is 0.161 e. The minimum Gasteiger partial charge on any atom is -0.231 e. The summed E-state index contributed by atoms with van der Waals surface area (Å²) in [5.41, 5.74) is 0.790. The lowest BCUT2D eigenvalue weighted by Crippen LogP contribution is -1.99. The molecule has 61 valence electrons. The number of benzene rings is 1. The average molecular weight is 167 g/mol. The third-order valence-electron chi connectivity index (χ3n) is 1.58. The van der Waals surface area contributed by atoms with Gasteiger partial charge in [-0.1, -0.05) is 0 Å². The summed E-state index contributed by atoms with van der Waals surface area (Å²) in [7, 11) is 0. The van der Waals surface area contributed by atoms with Crippen LogP contribution in [0.2, 0.25) is 0 Å². The molecular weight excluding hydrogens is 162 g/mol. The molecule has 0 amide bonds. The van der Waals surface area contributed by atoms with Crippen LogP contribution in [-0.2, 0) is 0 Å². The number of fused-ring (bicyclic) bond motifs is 1. The fourth-order valence-electron chi connectivity index (χ4n) is 1.08. The van der Waals surface area contributed by atoms with Crippen molar-refractivity contribution < 1.29 is 8.78 Å². The number of rotatable bonds is 0. The Morgan fingerprint density at radius 2 is 1.67 bits per heavy atom. The van der Waals surface area contributed by atoms with E-state index in [2.05, 4.69) is 10.3 Å². The van der Waals surface area contributed by atoms with Crippen LogP contribution in [0, 0.1) is 11.6 Å². The van der Waals surface area contributed by atoms with Crippen LogP contribution < -0.4 is 5.32 Å². The minimum atomic E-state index is -0.887. The Bertz CT molecular complexity index is 372. The van der Waals surface area contributed by atoms with Gasteiger partial charge >= 0.3 is 0 Å². The summed E-state index contributed by atoms with van der Waals surface area (Å²) in [6.45, 7) is 1.68. The van der Waals surface area contributed by atoms with Crippen LogP contribution in [0.25, 0.3) is 0 Å². The van der Waals surface area contributed by atoms with E-state index in [-0.39, 0.29) is 0 Å². The second kappa shape index (κ2) is 2.27. The molecule has 1 aromatic carbocycles. The Hall–Kier alpha value is -1.45. The Kier molecular flexibility index (Phi) is 1.36. The fraction of sp³-hybridized carbons (Fsp3) is 0.125. The number of aliphatic imine (C=N–C) groups is 1. The molecule has 1 aliphatic rings. The topological polar surface area (TPSA) is 26.5 Å². The molecule has 1 radical (unpaired) electrons. The predicted octanol–water partition coefficient (Wildman–Crippen LogP) is 2.26. The van der Waals surface area contributed by atoms with Gasteiger partial charge in [0.25, 0.3) is 0 Å². The molecule has 0 saturated heterocycles. The van der Waals surface area contributed by atoms with Gasteiger partial charge < -0.3 is 0 Å². The molecule has 0 bridgehead atoms. The third kappa shape index (κ3) is 0.958. The molecule has 0 aliphatic carbocycles. The van der Waals surface area contributed by atoms with Gasteiger partial charge in [0.15, 0.2) is 11.6 Å². The van der Waals surface area contributed by atoms with Crippen molar-refractivity contribution in [2.75, 3.05) is 0 Å². The van der Waals surface area contributed by atoms with Crippen LogP contribution in [0.15, 0.2) is 17.1 Å². The Balaban J connectivity index is 2.57. The molecule has 2 rings (SSSR count). The van der Waals surface area contributed by atoms with Gasteiger partial charge in [-0.05, 0) is 6.92 Å². The molecule has 1 heterocycles. The van der Waals surface area contributed by atoms with E-state index in [4.69, 9.17) is 0 Å². The van der Waals surface area contributed by atoms with Crippen molar-refractivity contribution in [2.45, 2.75) is 6.92 Å². The van der Waals surface area contributed by atoms with Gasteiger partial charge in [-0.3, -0.25) is 0 Å². The van der Waals surface area contributed by atoms with E-state index in [1.165, 1.54) is 0 Å². The monoisotopic (exact) mass is 167 g/mol. The van der Waals surface area contributed by atoms with E-state index in [1.807, 2.05) is 0 Å². The highest BCUT2D eigenvalue weighted by Crippen LogP contribution is 2.31. The SMILES string of the molecule is CC1=Nc2cc(F)c(F)cc2[N]1. The first-order valence-electron chi connectivity index (χ1n) is 3.43. The second-order valence-corrected chi connectivity index (χ2v) is 2.53. The molecule has 0 atom stereocenters. The maximum absolute atomic E-state index is 12.6. The van der Waals surface area contributed by atoms with Crippen molar-refractivity contribution in [1.29, 1.82) is 0 Å². The molecule has 1 aliphatic heterocycles. The maximum atomic E-state index is 12.6. The largest absolute Gasteiger partial charge is 0.231 e. The Morgan fingerprint density at radius 1 is 1.08 bits per heavy atom. The number of hydrogen-bond donors (Lipinski definition) is 0. The normalized spacial score (nSPS) is 13.8. The van der Waals surface area contributed by atoms with E-state index in [0.29, 0.717) is 17.2 Å². The van der Waals surface area contributed by atoms with Crippen molar-refractivity contribution in [2.24, 2.45) is 4.99 Å². The lowest BCUT2D eigenvalue weighted by atomic mass is 10.2. The molecule has 0 saturated carbocycles. The first-order valence-corrected chi connectivity index (χ1v) is 3.43. The highest BCUT2D eigenvalue weighted by Gasteiger charge is 2.15. The van der Waals surface area contributed by atoms with Crippen LogP contribution in [0.3, 0.4) is 0 Å². The average Bonchev–Trinajstić information content (AvgIpc) is 2.30. The van der Waals surface area contributed by atoms with Gasteiger partial charge in [-0.2, -0.15) is 0 Å². The fourth-order valence-corrected chi connectivity index (χ4v) is 1.08. The first-order chi connectivity index (χ1) is 5.66. The first kappa shape index (κ1) is 7.21. The summed E-state index contributed by atoms with van der Waals surface area (Å²) < 4.78 is 25.2. The Labute approximate surface area is 67.9 Å². The molecule has 0 aromatic heterocycles. The summed E-state index contributed by atoms with van der Waals surface area (Å²) in [6, 6.07) is 2.09. The molecular formula is C8H5F2N2. The van der Waals surface area contributed by atoms with Crippen molar-refractivity contribution in [1.82, 2.24) is 5.32 Å². The van der Waals surface area contributed by atoms with Crippen LogP contribution in [0.4, 0.5) is 20.2 Å². The smallest absolute Gasteiger partial charge is 0.161 e. The second-order valence-electron chi connectivity index (χ2n) is 2.53. The summed E-state index contributed by atoms with van der Waals surface area (Å²) in [6.07, 6.45) is 0.